The predicted molar refractivity (Wildman–Crippen MR) is 61.1 cm³/mol. The summed E-state index contributed by atoms with van der Waals surface area (Å²) in [7, 11) is 0. The number of rotatable bonds is 5. The summed E-state index contributed by atoms with van der Waals surface area (Å²) < 4.78 is 37.1. The maximum atomic E-state index is 12.4. The first-order valence-corrected chi connectivity index (χ1v) is 5.20. The molecule has 0 saturated carbocycles. The molecule has 1 amide bonds. The Hall–Kier alpha value is -1.52. The highest BCUT2D eigenvalue weighted by atomic mass is 19.4. The number of carbonyl (C=O) groups is 1. The first-order valence-electron chi connectivity index (χ1n) is 5.20. The van der Waals surface area contributed by atoms with Crippen molar-refractivity contribution in [1.29, 1.82) is 0 Å². The van der Waals surface area contributed by atoms with Gasteiger partial charge >= 0.3 is 6.18 Å². The third kappa shape index (κ3) is 6.60. The molecular formula is C12H16F3NO. The summed E-state index contributed by atoms with van der Waals surface area (Å²) in [6.45, 7) is 3.40. The van der Waals surface area contributed by atoms with E-state index in [1.54, 1.807) is 19.9 Å². The Labute approximate surface area is 98.7 Å². The van der Waals surface area contributed by atoms with Gasteiger partial charge in [-0.3, -0.25) is 4.79 Å². The van der Waals surface area contributed by atoms with Gasteiger partial charge in [-0.15, -0.1) is 0 Å². The minimum atomic E-state index is -4.37. The average Bonchev–Trinajstić information content (AvgIpc) is 2.19. The second-order valence-electron chi connectivity index (χ2n) is 3.41. The first-order chi connectivity index (χ1) is 7.81. The van der Waals surface area contributed by atoms with Crippen molar-refractivity contribution in [2.75, 3.05) is 0 Å². The fraction of sp³-hybridized carbons (Fsp3) is 0.417. The highest BCUT2D eigenvalue weighted by Gasteiger charge is 2.29. The van der Waals surface area contributed by atoms with Crippen molar-refractivity contribution in [2.45, 2.75) is 32.9 Å². The number of carbonyl (C=O) groups excluding carboxylic acids is 1. The highest BCUT2D eigenvalue weighted by Crippen LogP contribution is 2.27. The van der Waals surface area contributed by atoms with E-state index in [0.717, 1.165) is 0 Å². The summed E-state index contributed by atoms with van der Waals surface area (Å²) >= 11 is 0. The zero-order valence-corrected chi connectivity index (χ0v) is 9.84. The molecule has 5 heteroatoms. The smallest absolute Gasteiger partial charge is 0.366 e. The van der Waals surface area contributed by atoms with Gasteiger partial charge in [0.15, 0.2) is 0 Å². The van der Waals surface area contributed by atoms with Crippen molar-refractivity contribution >= 4 is 5.91 Å². The second kappa shape index (κ2) is 6.93. The molecule has 0 aliphatic heterocycles. The molecule has 96 valence electrons. The van der Waals surface area contributed by atoms with E-state index in [0.29, 0.717) is 6.42 Å². The molecule has 0 aromatic heterocycles. The van der Waals surface area contributed by atoms with E-state index < -0.39 is 18.5 Å². The molecule has 0 rings (SSSR count). The van der Waals surface area contributed by atoms with Gasteiger partial charge in [0.1, 0.15) is 0 Å². The Kier molecular flexibility index (Phi) is 6.31. The number of alkyl halides is 3. The Morgan fingerprint density at radius 2 is 1.88 bits per heavy atom. The second-order valence-corrected chi connectivity index (χ2v) is 3.41. The topological polar surface area (TPSA) is 43.1 Å². The lowest BCUT2D eigenvalue weighted by Crippen LogP contribution is -2.17. The number of amides is 1. The largest absolute Gasteiger partial charge is 0.393 e. The van der Waals surface area contributed by atoms with E-state index in [1.165, 1.54) is 18.2 Å². The molecule has 0 atom stereocenters. The summed E-state index contributed by atoms with van der Waals surface area (Å²) in [5, 5.41) is 0. The van der Waals surface area contributed by atoms with Gasteiger partial charge in [-0.2, -0.15) is 13.2 Å². The van der Waals surface area contributed by atoms with Crippen LogP contribution in [0.3, 0.4) is 0 Å². The molecule has 0 fully saturated rings. The lowest BCUT2D eigenvalue weighted by atomic mass is 10.0. The summed E-state index contributed by atoms with van der Waals surface area (Å²) in [6.07, 6.45) is 0.700. The molecule has 2 N–H and O–H groups in total. The molecule has 0 spiro atoms. The summed E-state index contributed by atoms with van der Waals surface area (Å²) in [5.74, 6) is -0.858. The average molecular weight is 247 g/mol. The molecule has 0 aromatic carbocycles. The molecule has 0 bridgehead atoms. The van der Waals surface area contributed by atoms with E-state index in [2.05, 4.69) is 0 Å². The normalized spacial score (nSPS) is 14.4. The first kappa shape index (κ1) is 15.5. The van der Waals surface area contributed by atoms with Crippen LogP contribution in [0.4, 0.5) is 13.2 Å². The summed E-state index contributed by atoms with van der Waals surface area (Å²) in [4.78, 5) is 11.1. The zero-order chi connectivity index (χ0) is 13.5. The minimum absolute atomic E-state index is 0.102. The third-order valence-corrected chi connectivity index (χ3v) is 1.89. The summed E-state index contributed by atoms with van der Waals surface area (Å²) in [6, 6.07) is 0. The maximum Gasteiger partial charge on any atom is 0.393 e. The summed E-state index contributed by atoms with van der Waals surface area (Å²) in [5.41, 5.74) is 4.86. The number of hydrogen-bond donors (Lipinski definition) is 1. The van der Waals surface area contributed by atoms with Gasteiger partial charge in [0.2, 0.25) is 5.91 Å². The molecule has 17 heavy (non-hydrogen) atoms. The minimum Gasteiger partial charge on any atom is -0.366 e. The highest BCUT2D eigenvalue weighted by molar-refractivity contribution is 5.96. The van der Waals surface area contributed by atoms with Gasteiger partial charge in [-0.05, 0) is 18.9 Å². The van der Waals surface area contributed by atoms with Crippen molar-refractivity contribution in [3.63, 3.8) is 0 Å². The van der Waals surface area contributed by atoms with Crippen LogP contribution in [0.2, 0.25) is 0 Å². The van der Waals surface area contributed by atoms with Crippen LogP contribution in [-0.4, -0.2) is 12.1 Å². The molecule has 0 aromatic rings. The standard InChI is InChI=1S/C12H16F3NO/c1-3-5-7-9(8-12(13,14)15)10(6-4-2)11(16)17/h4-7H,3,8H2,1-2H3,(H2,16,17)/b6-4-,7-5+,10-9-. The van der Waals surface area contributed by atoms with Gasteiger partial charge in [-0.25, -0.2) is 0 Å². The van der Waals surface area contributed by atoms with Crippen molar-refractivity contribution in [3.05, 3.63) is 35.5 Å². The molecule has 2 nitrogen and oxygen atoms in total. The van der Waals surface area contributed by atoms with Crippen molar-refractivity contribution in [3.8, 4) is 0 Å². The van der Waals surface area contributed by atoms with Crippen LogP contribution < -0.4 is 5.73 Å². The lowest BCUT2D eigenvalue weighted by molar-refractivity contribution is -0.126. The quantitative estimate of drug-likeness (QED) is 0.588. The van der Waals surface area contributed by atoms with E-state index >= 15 is 0 Å². The Morgan fingerprint density at radius 3 is 2.24 bits per heavy atom. The number of hydrogen-bond acceptors (Lipinski definition) is 1. The van der Waals surface area contributed by atoms with Crippen molar-refractivity contribution in [1.82, 2.24) is 0 Å². The Morgan fingerprint density at radius 1 is 1.29 bits per heavy atom. The molecule has 0 aliphatic rings. The molecule has 0 heterocycles. The van der Waals surface area contributed by atoms with Crippen molar-refractivity contribution in [2.24, 2.45) is 5.73 Å². The van der Waals surface area contributed by atoms with E-state index in [9.17, 15) is 18.0 Å². The molecular weight excluding hydrogens is 231 g/mol. The molecule has 0 aliphatic carbocycles. The Balaban J connectivity index is 5.43. The van der Waals surface area contributed by atoms with E-state index in [4.69, 9.17) is 5.73 Å². The molecule has 0 unspecified atom stereocenters. The fourth-order valence-electron chi connectivity index (χ4n) is 1.23. The van der Waals surface area contributed by atoms with Gasteiger partial charge < -0.3 is 5.73 Å². The Bertz CT molecular complexity index is 351. The molecule has 0 saturated heterocycles. The SMILES string of the molecule is C\C=C/C(C(N)=O)=C(\C=C\CC)CC(F)(F)F. The fourth-order valence-corrected chi connectivity index (χ4v) is 1.23. The number of halogens is 3. The van der Waals surface area contributed by atoms with Crippen LogP contribution in [0, 0.1) is 0 Å². The van der Waals surface area contributed by atoms with E-state index in [-0.39, 0.29) is 11.1 Å². The van der Waals surface area contributed by atoms with Gasteiger partial charge in [0.05, 0.1) is 6.42 Å². The predicted octanol–water partition coefficient (Wildman–Crippen LogP) is 3.26. The number of nitrogens with two attached hydrogens (primary N) is 1. The third-order valence-electron chi connectivity index (χ3n) is 1.89. The molecule has 0 radical (unpaired) electrons. The number of allylic oxidation sites excluding steroid dienone is 4. The van der Waals surface area contributed by atoms with Crippen LogP contribution >= 0.6 is 0 Å². The monoisotopic (exact) mass is 247 g/mol. The van der Waals surface area contributed by atoms with E-state index in [1.807, 2.05) is 0 Å². The number of primary amides is 1. The van der Waals surface area contributed by atoms with Crippen LogP contribution in [0.5, 0.6) is 0 Å². The maximum absolute atomic E-state index is 12.4. The van der Waals surface area contributed by atoms with Crippen LogP contribution in [0.25, 0.3) is 0 Å². The zero-order valence-electron chi connectivity index (χ0n) is 9.84. The van der Waals surface area contributed by atoms with Crippen LogP contribution in [0.15, 0.2) is 35.5 Å². The van der Waals surface area contributed by atoms with Gasteiger partial charge in [0, 0.05) is 5.57 Å². The van der Waals surface area contributed by atoms with Gasteiger partial charge in [-0.1, -0.05) is 31.2 Å². The van der Waals surface area contributed by atoms with Gasteiger partial charge in [0.25, 0.3) is 0 Å². The van der Waals surface area contributed by atoms with Crippen molar-refractivity contribution < 1.29 is 18.0 Å². The van der Waals surface area contributed by atoms with Crippen LogP contribution in [0.1, 0.15) is 26.7 Å². The lowest BCUT2D eigenvalue weighted by Gasteiger charge is -2.10. The van der Waals surface area contributed by atoms with Crippen LogP contribution in [-0.2, 0) is 4.79 Å².